The molecule has 2 rings (SSSR count). The van der Waals surface area contributed by atoms with E-state index in [1.165, 1.54) is 6.92 Å². The number of Topliss-reactive ketones (excluding diaryl/α,β-unsaturated/α-hetero) is 1. The lowest BCUT2D eigenvalue weighted by Gasteiger charge is -2.13. The van der Waals surface area contributed by atoms with Gasteiger partial charge >= 0.3 is 0 Å². The number of rotatable bonds is 7. The molecule has 5 nitrogen and oxygen atoms in total. The molecule has 0 unspecified atom stereocenters. The normalized spacial score (nSPS) is 11.0. The maximum atomic E-state index is 12.5. The highest BCUT2D eigenvalue weighted by Gasteiger charge is 2.17. The zero-order chi connectivity index (χ0) is 18.1. The van der Waals surface area contributed by atoms with Crippen LogP contribution in [-0.4, -0.2) is 17.4 Å². The molecule has 0 fully saturated rings. The number of hydrogen-bond donors (Lipinski definition) is 2. The molecule has 126 valence electrons. The summed E-state index contributed by atoms with van der Waals surface area (Å²) in [5.41, 5.74) is 1.25. The van der Waals surface area contributed by atoms with Crippen LogP contribution in [0.15, 0.2) is 71.3 Å². The van der Waals surface area contributed by atoms with Crippen molar-refractivity contribution >= 4 is 34.8 Å². The Morgan fingerprint density at radius 2 is 1.48 bits per heavy atom. The molecule has 0 aliphatic carbocycles. The summed E-state index contributed by atoms with van der Waals surface area (Å²) < 4.78 is 0. The fourth-order valence-corrected chi connectivity index (χ4v) is 2.74. The molecular formula is C19H17N3O2S. The first-order valence-corrected chi connectivity index (χ1v) is 8.54. The van der Waals surface area contributed by atoms with Gasteiger partial charge in [-0.25, -0.2) is 0 Å². The van der Waals surface area contributed by atoms with Crippen molar-refractivity contribution in [1.29, 1.82) is 5.26 Å². The second-order valence-electron chi connectivity index (χ2n) is 5.12. The Hall–Kier alpha value is -3.04. The number of thioether (sulfide) groups is 1. The van der Waals surface area contributed by atoms with E-state index < -0.39 is 5.91 Å². The fourth-order valence-electron chi connectivity index (χ4n) is 1.92. The molecule has 6 heteroatoms. The number of nitrogens with one attached hydrogen (secondary N) is 2. The summed E-state index contributed by atoms with van der Waals surface area (Å²) in [4.78, 5) is 23.8. The van der Waals surface area contributed by atoms with Crippen LogP contribution in [-0.2, 0) is 9.59 Å². The van der Waals surface area contributed by atoms with Crippen LogP contribution < -0.4 is 10.6 Å². The lowest BCUT2D eigenvalue weighted by atomic mass is 10.2. The first-order valence-electron chi connectivity index (χ1n) is 7.55. The van der Waals surface area contributed by atoms with Gasteiger partial charge in [-0.05, 0) is 31.2 Å². The summed E-state index contributed by atoms with van der Waals surface area (Å²) in [6.07, 6.45) is 0. The summed E-state index contributed by atoms with van der Waals surface area (Å²) in [7, 11) is 0. The molecule has 2 N–H and O–H groups in total. The van der Waals surface area contributed by atoms with Crippen LogP contribution in [0.25, 0.3) is 0 Å². The van der Waals surface area contributed by atoms with Crippen molar-refractivity contribution in [3.05, 3.63) is 71.3 Å². The highest BCUT2D eigenvalue weighted by Crippen LogP contribution is 2.23. The van der Waals surface area contributed by atoms with E-state index in [0.717, 1.165) is 17.4 Å². The van der Waals surface area contributed by atoms with Crippen LogP contribution >= 0.6 is 11.8 Å². The van der Waals surface area contributed by atoms with E-state index in [2.05, 4.69) is 10.6 Å². The summed E-state index contributed by atoms with van der Waals surface area (Å²) >= 11 is 1.13. The standard InChI is InChI=1S/C19H17N3O2S/c1-14(23)13-25-19(22-16-10-6-3-7-11-16)17(12-20)18(24)21-15-8-4-2-5-9-15/h2-11,22H,13H2,1H3,(H,21,24)/b19-17-. The number of ketones is 1. The number of carbonyl (C=O) groups excluding carboxylic acids is 2. The molecule has 0 atom stereocenters. The Labute approximate surface area is 150 Å². The van der Waals surface area contributed by atoms with Crippen molar-refractivity contribution in [2.45, 2.75) is 6.92 Å². The van der Waals surface area contributed by atoms with Gasteiger partial charge in [-0.2, -0.15) is 5.26 Å². The topological polar surface area (TPSA) is 82.0 Å². The molecule has 0 bridgehead atoms. The third kappa shape index (κ3) is 5.83. The molecule has 1 amide bonds. The van der Waals surface area contributed by atoms with Crippen molar-refractivity contribution in [3.8, 4) is 6.07 Å². The van der Waals surface area contributed by atoms with Gasteiger partial charge in [-0.15, -0.1) is 0 Å². The molecule has 0 spiro atoms. The van der Waals surface area contributed by atoms with Crippen LogP contribution in [0.4, 0.5) is 11.4 Å². The van der Waals surface area contributed by atoms with Gasteiger partial charge in [-0.3, -0.25) is 9.59 Å². The predicted molar refractivity (Wildman–Crippen MR) is 101 cm³/mol. The Balaban J connectivity index is 2.29. The first-order chi connectivity index (χ1) is 12.1. The minimum atomic E-state index is -0.525. The van der Waals surface area contributed by atoms with E-state index in [0.29, 0.717) is 10.7 Å². The van der Waals surface area contributed by atoms with E-state index in [1.54, 1.807) is 24.3 Å². The second-order valence-corrected chi connectivity index (χ2v) is 6.10. The largest absolute Gasteiger partial charge is 0.349 e. The smallest absolute Gasteiger partial charge is 0.269 e. The van der Waals surface area contributed by atoms with Gasteiger partial charge in [0, 0.05) is 11.4 Å². The van der Waals surface area contributed by atoms with Crippen LogP contribution in [0.3, 0.4) is 0 Å². The lowest BCUT2D eigenvalue weighted by Crippen LogP contribution is -2.17. The third-order valence-corrected chi connectivity index (χ3v) is 4.19. The van der Waals surface area contributed by atoms with E-state index >= 15 is 0 Å². The molecule has 0 aromatic heterocycles. The highest BCUT2D eigenvalue weighted by molar-refractivity contribution is 8.03. The molecule has 0 aliphatic rings. The van der Waals surface area contributed by atoms with Crippen LogP contribution in [0.1, 0.15) is 6.92 Å². The summed E-state index contributed by atoms with van der Waals surface area (Å²) in [6, 6.07) is 20.0. The maximum absolute atomic E-state index is 12.5. The van der Waals surface area contributed by atoms with Crippen molar-refractivity contribution in [1.82, 2.24) is 0 Å². The molecule has 25 heavy (non-hydrogen) atoms. The second kappa shape index (κ2) is 9.30. The van der Waals surface area contributed by atoms with Gasteiger partial charge in [0.2, 0.25) is 0 Å². The SMILES string of the molecule is CC(=O)CS/C(Nc1ccccc1)=C(/C#N)C(=O)Nc1ccccc1. The quantitative estimate of drug-likeness (QED) is 0.586. The average Bonchev–Trinajstić information content (AvgIpc) is 2.61. The van der Waals surface area contributed by atoms with E-state index in [4.69, 9.17) is 0 Å². The highest BCUT2D eigenvalue weighted by atomic mass is 32.2. The van der Waals surface area contributed by atoms with E-state index in [1.807, 2.05) is 42.5 Å². The number of para-hydroxylation sites is 2. The Morgan fingerprint density at radius 3 is 1.96 bits per heavy atom. The zero-order valence-corrected chi connectivity index (χ0v) is 14.5. The lowest BCUT2D eigenvalue weighted by molar-refractivity contribution is -0.114. The van der Waals surface area contributed by atoms with E-state index in [9.17, 15) is 14.9 Å². The molecular weight excluding hydrogens is 334 g/mol. The molecule has 2 aromatic rings. The van der Waals surface area contributed by atoms with Crippen molar-refractivity contribution in [3.63, 3.8) is 0 Å². The van der Waals surface area contributed by atoms with Gasteiger partial charge in [0.15, 0.2) is 0 Å². The van der Waals surface area contributed by atoms with Crippen LogP contribution in [0.2, 0.25) is 0 Å². The molecule has 0 aliphatic heterocycles. The minimum Gasteiger partial charge on any atom is -0.349 e. The van der Waals surface area contributed by atoms with Gasteiger partial charge in [0.25, 0.3) is 5.91 Å². The van der Waals surface area contributed by atoms with E-state index in [-0.39, 0.29) is 17.1 Å². The number of carbonyl (C=O) groups is 2. The van der Waals surface area contributed by atoms with Crippen LogP contribution in [0.5, 0.6) is 0 Å². The maximum Gasteiger partial charge on any atom is 0.269 e. The van der Waals surface area contributed by atoms with Crippen molar-refractivity contribution in [2.24, 2.45) is 0 Å². The fraction of sp³-hybridized carbons (Fsp3) is 0.105. The Morgan fingerprint density at radius 1 is 0.960 bits per heavy atom. The zero-order valence-electron chi connectivity index (χ0n) is 13.7. The molecule has 0 heterocycles. The minimum absolute atomic E-state index is 0.0434. The van der Waals surface area contributed by atoms with Gasteiger partial charge in [0.1, 0.15) is 17.4 Å². The predicted octanol–water partition coefficient (Wildman–Crippen LogP) is 3.79. The van der Waals surface area contributed by atoms with Gasteiger partial charge in [0.05, 0.1) is 10.8 Å². The monoisotopic (exact) mass is 351 g/mol. The first kappa shape index (κ1) is 18.3. The number of hydrogen-bond acceptors (Lipinski definition) is 5. The number of anilines is 2. The van der Waals surface area contributed by atoms with Crippen molar-refractivity contribution < 1.29 is 9.59 Å². The molecule has 0 saturated carbocycles. The molecule has 0 saturated heterocycles. The summed E-state index contributed by atoms with van der Waals surface area (Å²) in [6.45, 7) is 1.46. The number of nitriles is 1. The summed E-state index contributed by atoms with van der Waals surface area (Å²) in [5.74, 6) is -0.403. The van der Waals surface area contributed by atoms with Gasteiger partial charge in [-0.1, -0.05) is 48.2 Å². The Kier molecular flexibility index (Phi) is 6.81. The average molecular weight is 351 g/mol. The summed E-state index contributed by atoms with van der Waals surface area (Å²) in [5, 5.41) is 15.6. The number of amides is 1. The van der Waals surface area contributed by atoms with Gasteiger partial charge < -0.3 is 10.6 Å². The molecule has 0 radical (unpaired) electrons. The van der Waals surface area contributed by atoms with Crippen LogP contribution in [0, 0.1) is 11.3 Å². The Bertz CT molecular complexity index is 812. The number of benzene rings is 2. The number of nitrogens with zero attached hydrogens (tertiary/aromatic N) is 1. The van der Waals surface area contributed by atoms with Crippen molar-refractivity contribution in [2.75, 3.05) is 16.4 Å². The third-order valence-electron chi connectivity index (χ3n) is 3.05. The molecule has 2 aromatic carbocycles.